The third-order valence-electron chi connectivity index (χ3n) is 2.83. The van der Waals surface area contributed by atoms with Gasteiger partial charge >= 0.3 is 0 Å². The van der Waals surface area contributed by atoms with Crippen molar-refractivity contribution in [2.75, 3.05) is 0 Å². The number of halogens is 1. The minimum atomic E-state index is 0.0303. The Labute approximate surface area is 111 Å². The van der Waals surface area contributed by atoms with Gasteiger partial charge in [-0.15, -0.1) is 0 Å². The van der Waals surface area contributed by atoms with Crippen molar-refractivity contribution in [2.45, 2.75) is 19.5 Å². The van der Waals surface area contributed by atoms with E-state index < -0.39 is 0 Å². The second kappa shape index (κ2) is 5.26. The van der Waals surface area contributed by atoms with E-state index in [9.17, 15) is 0 Å². The van der Waals surface area contributed by atoms with E-state index >= 15 is 0 Å². The molecule has 2 aromatic rings. The van der Waals surface area contributed by atoms with Crippen molar-refractivity contribution in [3.05, 3.63) is 58.4 Å². The van der Waals surface area contributed by atoms with Crippen LogP contribution in [-0.4, -0.2) is 4.57 Å². The number of hydrogen-bond acceptors (Lipinski definition) is 2. The van der Waals surface area contributed by atoms with Gasteiger partial charge in [0.2, 0.25) is 0 Å². The van der Waals surface area contributed by atoms with Crippen molar-refractivity contribution in [1.82, 2.24) is 4.57 Å². The summed E-state index contributed by atoms with van der Waals surface area (Å²) in [7, 11) is 0. The number of benzene rings is 1. The maximum absolute atomic E-state index is 8.78. The second-order valence-corrected chi connectivity index (χ2v) is 4.73. The predicted octanol–water partition coefficient (Wildman–Crippen LogP) is 3.08. The molecule has 0 saturated heterocycles. The van der Waals surface area contributed by atoms with Crippen LogP contribution in [0.1, 0.15) is 29.7 Å². The highest BCUT2D eigenvalue weighted by atomic mass is 35.5. The molecule has 1 atom stereocenters. The largest absolute Gasteiger partial charge is 0.350 e. The van der Waals surface area contributed by atoms with Gasteiger partial charge in [0, 0.05) is 30.0 Å². The smallest absolute Gasteiger partial charge is 0.0992 e. The average Bonchev–Trinajstić information content (AvgIpc) is 2.80. The molecular formula is C14H14ClN3. The Bertz CT molecular complexity index is 593. The monoisotopic (exact) mass is 259 g/mol. The van der Waals surface area contributed by atoms with Gasteiger partial charge in [-0.2, -0.15) is 5.26 Å². The molecule has 0 bridgehead atoms. The molecule has 1 aromatic carbocycles. The van der Waals surface area contributed by atoms with Crippen LogP contribution in [0.3, 0.4) is 0 Å². The summed E-state index contributed by atoms with van der Waals surface area (Å²) in [6.45, 7) is 2.63. The van der Waals surface area contributed by atoms with Crippen LogP contribution in [0.25, 0.3) is 0 Å². The summed E-state index contributed by atoms with van der Waals surface area (Å²) in [6, 6.07) is 9.45. The third-order valence-corrected chi connectivity index (χ3v) is 3.19. The molecule has 0 aliphatic carbocycles. The zero-order chi connectivity index (χ0) is 13.1. The van der Waals surface area contributed by atoms with Crippen LogP contribution in [0.15, 0.2) is 36.7 Å². The summed E-state index contributed by atoms with van der Waals surface area (Å²) >= 11 is 6.14. The van der Waals surface area contributed by atoms with Crippen LogP contribution in [-0.2, 0) is 6.54 Å². The SMILES string of the molecule is CC(N)c1ccn(Cc2ccc(C#N)cc2Cl)c1. The second-order valence-electron chi connectivity index (χ2n) is 4.32. The Morgan fingerprint density at radius 3 is 2.78 bits per heavy atom. The molecule has 1 aromatic heterocycles. The molecule has 1 heterocycles. The van der Waals surface area contributed by atoms with E-state index in [0.717, 1.165) is 11.1 Å². The van der Waals surface area contributed by atoms with Crippen molar-refractivity contribution < 1.29 is 0 Å². The summed E-state index contributed by atoms with van der Waals surface area (Å²) in [5.74, 6) is 0. The van der Waals surface area contributed by atoms with Crippen LogP contribution in [0.5, 0.6) is 0 Å². The van der Waals surface area contributed by atoms with E-state index in [-0.39, 0.29) is 6.04 Å². The predicted molar refractivity (Wildman–Crippen MR) is 72.3 cm³/mol. The Morgan fingerprint density at radius 2 is 2.22 bits per heavy atom. The quantitative estimate of drug-likeness (QED) is 0.921. The van der Waals surface area contributed by atoms with Crippen LogP contribution in [0, 0.1) is 11.3 Å². The molecule has 0 amide bonds. The molecule has 0 aliphatic heterocycles. The highest BCUT2D eigenvalue weighted by molar-refractivity contribution is 6.31. The molecule has 0 fully saturated rings. The Hall–Kier alpha value is -1.76. The Balaban J connectivity index is 2.21. The topological polar surface area (TPSA) is 54.7 Å². The number of aromatic nitrogens is 1. The Kier molecular flexibility index (Phi) is 3.71. The molecule has 0 saturated carbocycles. The molecular weight excluding hydrogens is 246 g/mol. The zero-order valence-corrected chi connectivity index (χ0v) is 10.9. The highest BCUT2D eigenvalue weighted by Gasteiger charge is 2.05. The van der Waals surface area contributed by atoms with Crippen LogP contribution in [0.2, 0.25) is 5.02 Å². The first-order valence-electron chi connectivity index (χ1n) is 5.70. The van der Waals surface area contributed by atoms with Gasteiger partial charge in [0.15, 0.2) is 0 Å². The fraction of sp³-hybridized carbons (Fsp3) is 0.214. The van der Waals surface area contributed by atoms with Gasteiger partial charge in [0.1, 0.15) is 0 Å². The fourth-order valence-corrected chi connectivity index (χ4v) is 2.01. The first kappa shape index (κ1) is 12.7. The van der Waals surface area contributed by atoms with Crippen molar-refractivity contribution in [2.24, 2.45) is 5.73 Å². The lowest BCUT2D eigenvalue weighted by Crippen LogP contribution is -2.04. The highest BCUT2D eigenvalue weighted by Crippen LogP contribution is 2.19. The summed E-state index contributed by atoms with van der Waals surface area (Å²) < 4.78 is 2.03. The molecule has 0 spiro atoms. The molecule has 18 heavy (non-hydrogen) atoms. The van der Waals surface area contributed by atoms with Crippen molar-refractivity contribution >= 4 is 11.6 Å². The van der Waals surface area contributed by atoms with E-state index in [1.165, 1.54) is 0 Å². The van der Waals surface area contributed by atoms with Gasteiger partial charge in [0.25, 0.3) is 0 Å². The fourth-order valence-electron chi connectivity index (χ4n) is 1.77. The maximum atomic E-state index is 8.78. The van der Waals surface area contributed by atoms with Gasteiger partial charge in [0.05, 0.1) is 11.6 Å². The number of nitriles is 1. The number of hydrogen-bond donors (Lipinski definition) is 1. The molecule has 92 valence electrons. The first-order chi connectivity index (χ1) is 8.60. The minimum absolute atomic E-state index is 0.0303. The molecule has 2 rings (SSSR count). The van der Waals surface area contributed by atoms with Crippen molar-refractivity contribution in [1.29, 1.82) is 5.26 Å². The van der Waals surface area contributed by atoms with Crippen LogP contribution in [0.4, 0.5) is 0 Å². The molecule has 3 nitrogen and oxygen atoms in total. The minimum Gasteiger partial charge on any atom is -0.350 e. The standard InChI is InChI=1S/C14H14ClN3/c1-10(17)12-4-5-18(8-12)9-13-3-2-11(7-16)6-14(13)15/h2-6,8,10H,9,17H2,1H3. The van der Waals surface area contributed by atoms with E-state index in [2.05, 4.69) is 6.07 Å². The van der Waals surface area contributed by atoms with E-state index in [1.807, 2.05) is 36.0 Å². The lowest BCUT2D eigenvalue weighted by Gasteiger charge is -2.06. The number of nitrogens with zero attached hydrogens (tertiary/aromatic N) is 2. The van der Waals surface area contributed by atoms with Crippen LogP contribution >= 0.6 is 11.6 Å². The number of rotatable bonds is 3. The van der Waals surface area contributed by atoms with E-state index in [0.29, 0.717) is 17.1 Å². The summed E-state index contributed by atoms with van der Waals surface area (Å²) in [5, 5.41) is 9.40. The average molecular weight is 260 g/mol. The lowest BCUT2D eigenvalue weighted by atomic mass is 10.1. The molecule has 0 radical (unpaired) electrons. The lowest BCUT2D eigenvalue weighted by molar-refractivity contribution is 0.778. The summed E-state index contributed by atoms with van der Waals surface area (Å²) in [5.41, 5.74) is 8.47. The van der Waals surface area contributed by atoms with Gasteiger partial charge in [-0.3, -0.25) is 0 Å². The van der Waals surface area contributed by atoms with Gasteiger partial charge < -0.3 is 10.3 Å². The van der Waals surface area contributed by atoms with Crippen molar-refractivity contribution in [3.8, 4) is 6.07 Å². The Morgan fingerprint density at radius 1 is 1.44 bits per heavy atom. The molecule has 0 aliphatic rings. The summed E-state index contributed by atoms with van der Waals surface area (Å²) in [6.07, 6.45) is 3.99. The van der Waals surface area contributed by atoms with E-state index in [1.54, 1.807) is 12.1 Å². The molecule has 4 heteroatoms. The van der Waals surface area contributed by atoms with E-state index in [4.69, 9.17) is 22.6 Å². The summed E-state index contributed by atoms with van der Waals surface area (Å²) in [4.78, 5) is 0. The third kappa shape index (κ3) is 2.73. The number of nitrogens with two attached hydrogens (primary N) is 1. The van der Waals surface area contributed by atoms with Gasteiger partial charge in [-0.25, -0.2) is 0 Å². The maximum Gasteiger partial charge on any atom is 0.0992 e. The van der Waals surface area contributed by atoms with Crippen molar-refractivity contribution in [3.63, 3.8) is 0 Å². The van der Waals surface area contributed by atoms with Gasteiger partial charge in [-0.1, -0.05) is 17.7 Å². The molecule has 2 N–H and O–H groups in total. The normalized spacial score (nSPS) is 12.1. The zero-order valence-electron chi connectivity index (χ0n) is 10.1. The van der Waals surface area contributed by atoms with Crippen LogP contribution < -0.4 is 5.73 Å². The van der Waals surface area contributed by atoms with Gasteiger partial charge in [-0.05, 0) is 36.2 Å². The first-order valence-corrected chi connectivity index (χ1v) is 6.07. The molecule has 1 unspecified atom stereocenters.